The highest BCUT2D eigenvalue weighted by Crippen LogP contribution is 2.19. The predicted molar refractivity (Wildman–Crippen MR) is 123 cm³/mol. The minimum absolute atomic E-state index is 0.00570. The zero-order valence-corrected chi connectivity index (χ0v) is 18.6. The summed E-state index contributed by atoms with van der Waals surface area (Å²) in [4.78, 5) is 41.2. The first-order valence-electron chi connectivity index (χ1n) is 11.1. The molecule has 170 valence electrons. The third-order valence-electron chi connectivity index (χ3n) is 5.49. The van der Waals surface area contributed by atoms with Gasteiger partial charge in [0.05, 0.1) is 24.3 Å². The van der Waals surface area contributed by atoms with Crippen LogP contribution in [0.25, 0.3) is 0 Å². The van der Waals surface area contributed by atoms with E-state index >= 15 is 0 Å². The average molecular weight is 438 g/mol. The molecule has 0 unspecified atom stereocenters. The van der Waals surface area contributed by atoms with E-state index < -0.39 is 5.97 Å². The van der Waals surface area contributed by atoms with Crippen LogP contribution in [0.2, 0.25) is 0 Å². The Hall–Kier alpha value is -3.19. The normalized spacial score (nSPS) is 14.1. The van der Waals surface area contributed by atoms with Crippen LogP contribution in [0.1, 0.15) is 35.2 Å². The number of para-hydroxylation sites is 1. The Morgan fingerprint density at radius 1 is 0.906 bits per heavy atom. The van der Waals surface area contributed by atoms with E-state index in [0.717, 1.165) is 25.9 Å². The number of benzene rings is 2. The van der Waals surface area contributed by atoms with E-state index in [1.165, 1.54) is 5.56 Å². The van der Waals surface area contributed by atoms with Gasteiger partial charge in [-0.15, -0.1) is 0 Å². The Morgan fingerprint density at radius 2 is 1.59 bits per heavy atom. The van der Waals surface area contributed by atoms with Crippen LogP contribution in [0.4, 0.5) is 5.69 Å². The number of carbonyl (C=O) groups excluding carboxylic acids is 3. The summed E-state index contributed by atoms with van der Waals surface area (Å²) in [5.74, 6) is -0.799. The maximum absolute atomic E-state index is 12.9. The third-order valence-corrected chi connectivity index (χ3v) is 5.49. The summed E-state index contributed by atoms with van der Waals surface area (Å²) in [6.07, 6.45) is 1.59. The van der Waals surface area contributed by atoms with Crippen molar-refractivity contribution in [1.82, 2.24) is 9.80 Å². The van der Waals surface area contributed by atoms with Crippen molar-refractivity contribution in [3.05, 3.63) is 65.7 Å². The molecule has 1 aliphatic rings. The highest BCUT2D eigenvalue weighted by atomic mass is 16.5. The number of aryl methyl sites for hydroxylation is 1. The van der Waals surface area contributed by atoms with Crippen LogP contribution in [0.15, 0.2) is 54.6 Å². The van der Waals surface area contributed by atoms with Gasteiger partial charge in [0.2, 0.25) is 5.91 Å². The fourth-order valence-electron chi connectivity index (χ4n) is 3.57. The molecule has 1 heterocycles. The lowest BCUT2D eigenvalue weighted by atomic mass is 10.1. The van der Waals surface area contributed by atoms with Crippen molar-refractivity contribution >= 4 is 23.5 Å². The lowest BCUT2D eigenvalue weighted by Crippen LogP contribution is -2.47. The number of esters is 1. The number of piperazine rings is 1. The van der Waals surface area contributed by atoms with Gasteiger partial charge < -0.3 is 19.9 Å². The second-order valence-corrected chi connectivity index (χ2v) is 8.00. The van der Waals surface area contributed by atoms with Crippen molar-refractivity contribution in [1.29, 1.82) is 0 Å². The summed E-state index contributed by atoms with van der Waals surface area (Å²) in [5.41, 5.74) is 2.14. The van der Waals surface area contributed by atoms with Crippen molar-refractivity contribution in [3.63, 3.8) is 0 Å². The van der Waals surface area contributed by atoms with Gasteiger partial charge in [0.1, 0.15) is 0 Å². The molecule has 0 radical (unpaired) electrons. The smallest absolute Gasteiger partial charge is 0.306 e. The lowest BCUT2D eigenvalue weighted by molar-refractivity contribution is -0.144. The monoisotopic (exact) mass is 437 g/mol. The van der Waals surface area contributed by atoms with E-state index in [4.69, 9.17) is 4.74 Å². The van der Waals surface area contributed by atoms with Gasteiger partial charge in [-0.25, -0.2) is 0 Å². The maximum Gasteiger partial charge on any atom is 0.306 e. The molecule has 1 N–H and O–H groups in total. The summed E-state index contributed by atoms with van der Waals surface area (Å²) < 4.78 is 5.23. The van der Waals surface area contributed by atoms with E-state index in [1.807, 2.05) is 37.4 Å². The number of amides is 2. The molecule has 0 aromatic heterocycles. The zero-order valence-electron chi connectivity index (χ0n) is 18.6. The summed E-state index contributed by atoms with van der Waals surface area (Å²) in [6, 6.07) is 17.0. The van der Waals surface area contributed by atoms with Crippen LogP contribution < -0.4 is 5.32 Å². The molecule has 32 heavy (non-hydrogen) atoms. The van der Waals surface area contributed by atoms with E-state index in [-0.39, 0.29) is 24.7 Å². The Balaban J connectivity index is 1.42. The van der Waals surface area contributed by atoms with Gasteiger partial charge in [0, 0.05) is 32.6 Å². The second-order valence-electron chi connectivity index (χ2n) is 8.00. The number of likely N-dealkylation sites (N-methyl/N-ethyl adjacent to an activating group) is 1. The topological polar surface area (TPSA) is 79.0 Å². The quantitative estimate of drug-likeness (QED) is 0.482. The van der Waals surface area contributed by atoms with Crippen LogP contribution in [0.3, 0.4) is 0 Å². The van der Waals surface area contributed by atoms with Crippen molar-refractivity contribution < 1.29 is 19.1 Å². The highest BCUT2D eigenvalue weighted by Gasteiger charge is 2.23. The van der Waals surface area contributed by atoms with Gasteiger partial charge in [-0.2, -0.15) is 0 Å². The lowest BCUT2D eigenvalue weighted by Gasteiger charge is -2.32. The Labute approximate surface area is 189 Å². The summed E-state index contributed by atoms with van der Waals surface area (Å²) in [7, 11) is 2.03. The van der Waals surface area contributed by atoms with Crippen molar-refractivity contribution in [2.75, 3.05) is 45.2 Å². The molecular weight excluding hydrogens is 406 g/mol. The standard InChI is InChI=1S/C25H31N3O4/c1-27-15-17-28(18-16-27)25(31)21-11-5-6-12-22(21)26-23(29)13-14-24(30)32-19-7-10-20-8-3-2-4-9-20/h2-6,8-9,11-12H,7,10,13-19H2,1H3,(H,26,29). The SMILES string of the molecule is CN1CCN(C(=O)c2ccccc2NC(=O)CCC(=O)OCCCc2ccccc2)CC1. The molecule has 0 bridgehead atoms. The number of nitrogens with zero attached hydrogens (tertiary/aromatic N) is 2. The molecular formula is C25H31N3O4. The van der Waals surface area contributed by atoms with Crippen molar-refractivity contribution in [3.8, 4) is 0 Å². The maximum atomic E-state index is 12.9. The molecule has 2 aromatic carbocycles. The average Bonchev–Trinajstić information content (AvgIpc) is 2.81. The Bertz CT molecular complexity index is 908. The molecule has 0 spiro atoms. The molecule has 7 heteroatoms. The third kappa shape index (κ3) is 7.20. The van der Waals surface area contributed by atoms with E-state index in [0.29, 0.717) is 30.9 Å². The minimum atomic E-state index is -0.394. The van der Waals surface area contributed by atoms with Crippen LogP contribution >= 0.6 is 0 Å². The molecule has 0 aliphatic carbocycles. The fourth-order valence-corrected chi connectivity index (χ4v) is 3.57. The first kappa shape index (κ1) is 23.5. The second kappa shape index (κ2) is 12.0. The van der Waals surface area contributed by atoms with Gasteiger partial charge in [0.15, 0.2) is 0 Å². The van der Waals surface area contributed by atoms with Crippen molar-refractivity contribution in [2.45, 2.75) is 25.7 Å². The minimum Gasteiger partial charge on any atom is -0.466 e. The van der Waals surface area contributed by atoms with Crippen LogP contribution in [-0.4, -0.2) is 67.4 Å². The van der Waals surface area contributed by atoms with Gasteiger partial charge in [0.25, 0.3) is 5.91 Å². The summed E-state index contributed by atoms with van der Waals surface area (Å²) >= 11 is 0. The number of anilines is 1. The molecule has 1 saturated heterocycles. The fraction of sp³-hybridized carbons (Fsp3) is 0.400. The number of carbonyl (C=O) groups is 3. The van der Waals surface area contributed by atoms with Crippen LogP contribution in [-0.2, 0) is 20.7 Å². The number of hydrogen-bond acceptors (Lipinski definition) is 5. The molecule has 1 fully saturated rings. The molecule has 0 atom stereocenters. The van der Waals surface area contributed by atoms with Gasteiger partial charge in [-0.1, -0.05) is 42.5 Å². The Morgan fingerprint density at radius 3 is 2.34 bits per heavy atom. The first-order chi connectivity index (χ1) is 15.5. The molecule has 2 amide bonds. The number of rotatable bonds is 9. The predicted octanol–water partition coefficient (Wildman–Crippen LogP) is 2.97. The van der Waals surface area contributed by atoms with E-state index in [2.05, 4.69) is 10.2 Å². The number of ether oxygens (including phenoxy) is 1. The molecule has 1 aliphatic heterocycles. The van der Waals surface area contributed by atoms with E-state index in [1.54, 1.807) is 29.2 Å². The molecule has 3 rings (SSSR count). The van der Waals surface area contributed by atoms with Crippen LogP contribution in [0.5, 0.6) is 0 Å². The Kier molecular flexibility index (Phi) is 8.80. The first-order valence-corrected chi connectivity index (χ1v) is 11.1. The highest BCUT2D eigenvalue weighted by molar-refractivity contribution is 6.04. The molecule has 0 saturated carbocycles. The number of hydrogen-bond donors (Lipinski definition) is 1. The van der Waals surface area contributed by atoms with Gasteiger partial charge in [-0.05, 0) is 37.6 Å². The van der Waals surface area contributed by atoms with Gasteiger partial charge in [-0.3, -0.25) is 14.4 Å². The van der Waals surface area contributed by atoms with Crippen molar-refractivity contribution in [2.24, 2.45) is 0 Å². The van der Waals surface area contributed by atoms with Crippen LogP contribution in [0, 0.1) is 0 Å². The van der Waals surface area contributed by atoms with Gasteiger partial charge >= 0.3 is 5.97 Å². The summed E-state index contributed by atoms with van der Waals surface area (Å²) in [5, 5.41) is 2.78. The molecule has 2 aromatic rings. The largest absolute Gasteiger partial charge is 0.466 e. The zero-order chi connectivity index (χ0) is 22.8. The van der Waals surface area contributed by atoms with E-state index in [9.17, 15) is 14.4 Å². The molecule has 7 nitrogen and oxygen atoms in total. The number of nitrogens with one attached hydrogen (secondary N) is 1. The summed E-state index contributed by atoms with van der Waals surface area (Å²) in [6.45, 7) is 3.31.